The zero-order chi connectivity index (χ0) is 22.9. The highest BCUT2D eigenvalue weighted by atomic mass is 19.1. The van der Waals surface area contributed by atoms with Gasteiger partial charge in [0.25, 0.3) is 0 Å². The number of nitrogens with one attached hydrogen (secondary N) is 3. The van der Waals surface area contributed by atoms with Gasteiger partial charge in [0.1, 0.15) is 5.82 Å². The monoisotopic (exact) mass is 454 g/mol. The topological polar surface area (TPSA) is 85.9 Å². The van der Waals surface area contributed by atoms with E-state index in [1.54, 1.807) is 6.20 Å². The number of urea groups is 1. The standard InChI is InChI=1S/C24H28F2N6O/c1-14-9-17-18(12-27-21(17)19(25)10-14)22-28-13-20(26)23(31-22)29-15-5-4-6-16(11-15)30-24(33)32-7-2-3-8-32/h9-10,12-13,15-16,27H,2-8,11H2,1H3,(H,30,33)(H,28,29,31)/t15-,16+/m0/s1. The highest BCUT2D eigenvalue weighted by Gasteiger charge is 2.27. The van der Waals surface area contributed by atoms with Gasteiger partial charge < -0.3 is 20.5 Å². The molecule has 2 amide bonds. The summed E-state index contributed by atoms with van der Waals surface area (Å²) in [4.78, 5) is 25.8. The van der Waals surface area contributed by atoms with Crippen LogP contribution in [0.2, 0.25) is 0 Å². The molecule has 1 saturated heterocycles. The zero-order valence-electron chi connectivity index (χ0n) is 18.6. The van der Waals surface area contributed by atoms with Gasteiger partial charge in [-0.2, -0.15) is 0 Å². The highest BCUT2D eigenvalue weighted by molar-refractivity contribution is 5.94. The molecule has 2 atom stereocenters. The molecule has 0 spiro atoms. The van der Waals surface area contributed by atoms with Crippen molar-refractivity contribution in [3.8, 4) is 11.4 Å². The summed E-state index contributed by atoms with van der Waals surface area (Å²) in [6.45, 7) is 3.44. The number of likely N-dealkylation sites (tertiary alicyclic amines) is 1. The number of aromatic nitrogens is 3. The van der Waals surface area contributed by atoms with E-state index in [1.165, 1.54) is 6.07 Å². The molecule has 174 valence electrons. The van der Waals surface area contributed by atoms with Gasteiger partial charge in [0.2, 0.25) is 0 Å². The lowest BCUT2D eigenvalue weighted by Gasteiger charge is -2.32. The summed E-state index contributed by atoms with van der Waals surface area (Å²) in [5.74, 6) is -0.436. The van der Waals surface area contributed by atoms with Gasteiger partial charge in [0.05, 0.1) is 11.7 Å². The Kier molecular flexibility index (Phi) is 5.86. The van der Waals surface area contributed by atoms with Crippen LogP contribution in [0.1, 0.15) is 44.1 Å². The second-order valence-corrected chi connectivity index (χ2v) is 9.11. The second kappa shape index (κ2) is 8.96. The molecule has 3 heterocycles. The van der Waals surface area contributed by atoms with E-state index in [-0.39, 0.29) is 29.7 Å². The first-order valence-electron chi connectivity index (χ1n) is 11.6. The SMILES string of the molecule is Cc1cc(F)c2[nH]cc(-c3ncc(F)c(N[C@H]4CCC[C@@H](NC(=O)N5CCCC5)C4)n3)c2c1. The van der Waals surface area contributed by atoms with E-state index in [2.05, 4.69) is 25.6 Å². The minimum Gasteiger partial charge on any atom is -0.365 e. The minimum atomic E-state index is -0.538. The fourth-order valence-electron chi connectivity index (χ4n) is 4.94. The number of carbonyl (C=O) groups is 1. The predicted octanol–water partition coefficient (Wildman–Crippen LogP) is 4.74. The number of rotatable bonds is 4. The number of aryl methyl sites for hydroxylation is 1. The largest absolute Gasteiger partial charge is 0.365 e. The Morgan fingerprint density at radius 2 is 1.91 bits per heavy atom. The van der Waals surface area contributed by atoms with Gasteiger partial charge in [-0.3, -0.25) is 0 Å². The molecule has 0 unspecified atom stereocenters. The summed E-state index contributed by atoms with van der Waals surface area (Å²) in [5.41, 5.74) is 1.78. The number of aromatic amines is 1. The Morgan fingerprint density at radius 1 is 1.12 bits per heavy atom. The quantitative estimate of drug-likeness (QED) is 0.532. The Bertz CT molecular complexity index is 1170. The lowest BCUT2D eigenvalue weighted by Crippen LogP contribution is -2.47. The third kappa shape index (κ3) is 4.49. The van der Waals surface area contributed by atoms with Crippen LogP contribution < -0.4 is 10.6 Å². The Morgan fingerprint density at radius 3 is 2.73 bits per heavy atom. The molecule has 3 N–H and O–H groups in total. The predicted molar refractivity (Wildman–Crippen MR) is 123 cm³/mol. The van der Waals surface area contributed by atoms with Crippen LogP contribution in [-0.4, -0.2) is 51.1 Å². The van der Waals surface area contributed by atoms with Crippen molar-refractivity contribution in [3.05, 3.63) is 41.7 Å². The molecular formula is C24H28F2N6O. The first kappa shape index (κ1) is 21.6. The number of fused-ring (bicyclic) bond motifs is 1. The van der Waals surface area contributed by atoms with Crippen molar-refractivity contribution in [3.63, 3.8) is 0 Å². The van der Waals surface area contributed by atoms with Crippen LogP contribution in [-0.2, 0) is 0 Å². The zero-order valence-corrected chi connectivity index (χ0v) is 18.6. The second-order valence-electron chi connectivity index (χ2n) is 9.11. The fraction of sp³-hybridized carbons (Fsp3) is 0.458. The summed E-state index contributed by atoms with van der Waals surface area (Å²) >= 11 is 0. The van der Waals surface area contributed by atoms with Crippen molar-refractivity contribution in [1.29, 1.82) is 0 Å². The summed E-state index contributed by atoms with van der Waals surface area (Å²) in [7, 11) is 0. The van der Waals surface area contributed by atoms with E-state index in [0.29, 0.717) is 28.7 Å². The van der Waals surface area contributed by atoms with Gasteiger partial charge in [-0.15, -0.1) is 0 Å². The first-order valence-corrected chi connectivity index (χ1v) is 11.6. The van der Waals surface area contributed by atoms with Gasteiger partial charge in [-0.25, -0.2) is 23.5 Å². The lowest BCUT2D eigenvalue weighted by molar-refractivity contribution is 0.199. The Hall–Kier alpha value is -3.23. The number of halogens is 2. The molecule has 0 radical (unpaired) electrons. The lowest BCUT2D eigenvalue weighted by atomic mass is 9.91. The molecule has 1 saturated carbocycles. The summed E-state index contributed by atoms with van der Waals surface area (Å²) in [6.07, 6.45) is 8.32. The van der Waals surface area contributed by atoms with E-state index in [1.807, 2.05) is 17.9 Å². The average molecular weight is 455 g/mol. The van der Waals surface area contributed by atoms with Gasteiger partial charge in [0.15, 0.2) is 17.5 Å². The van der Waals surface area contributed by atoms with Crippen LogP contribution in [0.3, 0.4) is 0 Å². The molecule has 3 aromatic rings. The van der Waals surface area contributed by atoms with Crippen molar-refractivity contribution in [2.45, 2.75) is 57.5 Å². The number of carbonyl (C=O) groups excluding carboxylic acids is 1. The van der Waals surface area contributed by atoms with Gasteiger partial charge in [0, 0.05) is 42.3 Å². The first-order chi connectivity index (χ1) is 16.0. The number of amides is 2. The van der Waals surface area contributed by atoms with Crippen molar-refractivity contribution < 1.29 is 13.6 Å². The van der Waals surface area contributed by atoms with E-state index in [9.17, 15) is 13.6 Å². The van der Waals surface area contributed by atoms with Crippen molar-refractivity contribution >= 4 is 22.8 Å². The van der Waals surface area contributed by atoms with Crippen LogP contribution in [0.4, 0.5) is 19.4 Å². The smallest absolute Gasteiger partial charge is 0.317 e. The molecule has 33 heavy (non-hydrogen) atoms. The molecule has 9 heteroatoms. The van der Waals surface area contributed by atoms with Crippen LogP contribution in [0, 0.1) is 18.6 Å². The number of hydrogen-bond donors (Lipinski definition) is 3. The molecule has 2 fully saturated rings. The molecule has 0 bridgehead atoms. The van der Waals surface area contributed by atoms with Crippen LogP contribution in [0.25, 0.3) is 22.3 Å². The molecule has 1 aliphatic heterocycles. The highest BCUT2D eigenvalue weighted by Crippen LogP contribution is 2.30. The third-order valence-corrected chi connectivity index (χ3v) is 6.61. The third-order valence-electron chi connectivity index (χ3n) is 6.61. The van der Waals surface area contributed by atoms with Crippen molar-refractivity contribution in [2.24, 2.45) is 0 Å². The fourth-order valence-corrected chi connectivity index (χ4v) is 4.94. The summed E-state index contributed by atoms with van der Waals surface area (Å²) in [5, 5.41) is 7.02. The molecular weight excluding hydrogens is 426 g/mol. The van der Waals surface area contributed by atoms with E-state index >= 15 is 0 Å². The van der Waals surface area contributed by atoms with Crippen LogP contribution in [0.15, 0.2) is 24.5 Å². The van der Waals surface area contributed by atoms with Gasteiger partial charge in [-0.1, -0.05) is 0 Å². The van der Waals surface area contributed by atoms with Crippen molar-refractivity contribution in [1.82, 2.24) is 25.2 Å². The van der Waals surface area contributed by atoms with Crippen LogP contribution >= 0.6 is 0 Å². The maximum atomic E-state index is 14.6. The van der Waals surface area contributed by atoms with Crippen LogP contribution in [0.5, 0.6) is 0 Å². The number of nitrogens with zero attached hydrogens (tertiary/aromatic N) is 3. The average Bonchev–Trinajstić information content (AvgIpc) is 3.46. The molecule has 1 aliphatic carbocycles. The van der Waals surface area contributed by atoms with Gasteiger partial charge >= 0.3 is 6.03 Å². The molecule has 1 aromatic carbocycles. The van der Waals surface area contributed by atoms with E-state index in [4.69, 9.17) is 0 Å². The maximum Gasteiger partial charge on any atom is 0.317 e. The van der Waals surface area contributed by atoms with E-state index in [0.717, 1.165) is 57.0 Å². The number of H-pyrrole nitrogens is 1. The van der Waals surface area contributed by atoms with Crippen molar-refractivity contribution in [2.75, 3.05) is 18.4 Å². The maximum absolute atomic E-state index is 14.6. The molecule has 2 aliphatic rings. The molecule has 5 rings (SSSR count). The number of hydrogen-bond acceptors (Lipinski definition) is 4. The Balaban J connectivity index is 1.32. The van der Waals surface area contributed by atoms with Gasteiger partial charge in [-0.05, 0) is 63.1 Å². The minimum absolute atomic E-state index is 0.00415. The Labute approximate surface area is 191 Å². The van der Waals surface area contributed by atoms with E-state index < -0.39 is 5.82 Å². The number of benzene rings is 1. The molecule has 2 aromatic heterocycles. The molecule has 7 nitrogen and oxygen atoms in total. The summed E-state index contributed by atoms with van der Waals surface area (Å²) < 4.78 is 28.9. The summed E-state index contributed by atoms with van der Waals surface area (Å²) in [6, 6.07) is 3.36. The number of anilines is 1. The normalized spacial score (nSPS) is 20.9.